The average Bonchev–Trinajstić information content (AvgIpc) is 3.58. The molecular weight excluding hydrogens is 692 g/mol. The number of hydrogen-bond donors (Lipinski definition) is 8. The Kier molecular flexibility index (Phi) is 10.6. The van der Waals surface area contributed by atoms with E-state index in [-0.39, 0.29) is 28.5 Å². The summed E-state index contributed by atoms with van der Waals surface area (Å²) in [6.45, 7) is 8.86. The predicted octanol–water partition coefficient (Wildman–Crippen LogP) is 0.208. The zero-order chi connectivity index (χ0) is 37.8. The van der Waals surface area contributed by atoms with Gasteiger partial charge in [0.2, 0.25) is 0 Å². The van der Waals surface area contributed by atoms with Gasteiger partial charge in [0, 0.05) is 0 Å². The van der Waals surface area contributed by atoms with Crippen LogP contribution in [-0.2, 0) is 28.4 Å². The van der Waals surface area contributed by atoms with Gasteiger partial charge in [0.15, 0.2) is 12.6 Å². The second kappa shape index (κ2) is 14.4. The Morgan fingerprint density at radius 2 is 1.40 bits per heavy atom. The molecule has 0 amide bonds. The second-order valence-electron chi connectivity index (χ2n) is 18.8. The van der Waals surface area contributed by atoms with Crippen LogP contribution in [0.2, 0.25) is 0 Å². The molecule has 0 aromatic rings. The van der Waals surface area contributed by atoms with E-state index in [0.29, 0.717) is 55.1 Å². The molecule has 0 unspecified atom stereocenters. The van der Waals surface area contributed by atoms with Crippen LogP contribution in [-0.4, -0.2) is 152 Å². The van der Waals surface area contributed by atoms with E-state index in [9.17, 15) is 40.9 Å². The summed E-state index contributed by atoms with van der Waals surface area (Å²) in [4.78, 5) is 0. The average molecular weight is 757 g/mol. The first-order chi connectivity index (χ1) is 25.2. The van der Waals surface area contributed by atoms with Crippen molar-refractivity contribution in [2.45, 2.75) is 177 Å². The van der Waals surface area contributed by atoms with Crippen molar-refractivity contribution in [3.63, 3.8) is 0 Å². The maximum atomic E-state index is 11.8. The highest BCUT2D eigenvalue weighted by molar-refractivity contribution is 5.17. The molecule has 0 aromatic carbocycles. The first-order valence-corrected chi connectivity index (χ1v) is 20.4. The molecule has 0 aromatic heterocycles. The summed E-state index contributed by atoms with van der Waals surface area (Å²) < 4.78 is 37.0. The van der Waals surface area contributed by atoms with Gasteiger partial charge >= 0.3 is 0 Å². The summed E-state index contributed by atoms with van der Waals surface area (Å²) in [7, 11) is 0. The van der Waals surface area contributed by atoms with Crippen LogP contribution in [0.4, 0.5) is 0 Å². The van der Waals surface area contributed by atoms with Crippen molar-refractivity contribution < 1.29 is 69.3 Å². The minimum atomic E-state index is -1.76. The minimum Gasteiger partial charge on any atom is -0.394 e. The molecule has 0 radical (unpaired) electrons. The van der Waals surface area contributed by atoms with Gasteiger partial charge in [-0.15, -0.1) is 0 Å². The van der Waals surface area contributed by atoms with Crippen molar-refractivity contribution in [1.82, 2.24) is 0 Å². The van der Waals surface area contributed by atoms with Crippen molar-refractivity contribution in [3.05, 3.63) is 0 Å². The van der Waals surface area contributed by atoms with Crippen molar-refractivity contribution in [2.24, 2.45) is 46.3 Å². The molecule has 53 heavy (non-hydrogen) atoms. The largest absolute Gasteiger partial charge is 0.394 e. The number of aliphatic hydroxyl groups is 8. The van der Waals surface area contributed by atoms with Crippen LogP contribution in [0.3, 0.4) is 0 Å². The summed E-state index contributed by atoms with van der Waals surface area (Å²) in [5.74, 6) is 2.83. The number of aliphatic hydroxyl groups excluding tert-OH is 8. The molecule has 8 N–H and O–H groups in total. The van der Waals surface area contributed by atoms with E-state index in [1.54, 1.807) is 0 Å². The minimum absolute atomic E-state index is 0.106. The highest BCUT2D eigenvalue weighted by Crippen LogP contribution is 2.71. The van der Waals surface area contributed by atoms with Crippen molar-refractivity contribution in [1.29, 1.82) is 0 Å². The lowest BCUT2D eigenvalue weighted by Gasteiger charge is -2.62. The van der Waals surface area contributed by atoms with Crippen LogP contribution in [0.15, 0.2) is 0 Å². The van der Waals surface area contributed by atoms with Crippen LogP contribution >= 0.6 is 0 Å². The van der Waals surface area contributed by atoms with Gasteiger partial charge in [0.1, 0.15) is 48.8 Å². The summed E-state index contributed by atoms with van der Waals surface area (Å²) in [6, 6.07) is 0. The van der Waals surface area contributed by atoms with E-state index in [1.165, 1.54) is 0 Å². The lowest BCUT2D eigenvalue weighted by molar-refractivity contribution is -0.376. The molecule has 4 saturated carbocycles. The Morgan fingerprint density at radius 3 is 2.08 bits per heavy atom. The first-order valence-electron chi connectivity index (χ1n) is 20.4. The fourth-order valence-corrected chi connectivity index (χ4v) is 13.3. The fourth-order valence-electron chi connectivity index (χ4n) is 13.3. The maximum Gasteiger partial charge on any atom is 0.187 e. The Balaban J connectivity index is 0.962. The maximum absolute atomic E-state index is 11.8. The van der Waals surface area contributed by atoms with Gasteiger partial charge in [0.05, 0.1) is 49.8 Å². The van der Waals surface area contributed by atoms with Gasteiger partial charge in [-0.25, -0.2) is 0 Å². The predicted molar refractivity (Wildman–Crippen MR) is 185 cm³/mol. The molecule has 4 aliphatic carbocycles. The molecule has 23 atom stereocenters. The molecule has 8 rings (SSSR count). The topological polar surface area (TPSA) is 217 Å². The van der Waals surface area contributed by atoms with Crippen molar-refractivity contribution in [2.75, 3.05) is 19.8 Å². The molecule has 1 spiro atoms. The fraction of sp³-hybridized carbons (Fsp3) is 1.00. The third-order valence-electron chi connectivity index (χ3n) is 16.4. The standard InChI is InChI=1S/C39H64O14/c1-17-7-10-39(16-48-17)18(2)28-25(53-39)12-22-20-6-5-19-11-24(23(42)13-38(19,4)21(20)8-9-37(22,28)3)49-36-34(32(46)30(44)27(15-41)51-36)52-35-33(47)31(45)29(43)26(14-40)50-35/h17-36,40-47H,5-16H2,1-4H3/t17-,18-,19+,20+,21-,22-,23-,24+,25-,26+,27+,28-,29+,30-,31-,32-,33+,34+,35-,36+,37-,38-,39+/m0/s1. The number of hydrogen-bond acceptors (Lipinski definition) is 14. The van der Waals surface area contributed by atoms with Crippen molar-refractivity contribution >= 4 is 0 Å². The summed E-state index contributed by atoms with van der Waals surface area (Å²) in [5.41, 5.74) is -0.0564. The third-order valence-corrected chi connectivity index (χ3v) is 16.4. The Hall–Kier alpha value is -0.560. The lowest BCUT2D eigenvalue weighted by atomic mass is 9.44. The van der Waals surface area contributed by atoms with E-state index in [2.05, 4.69) is 27.7 Å². The first kappa shape index (κ1) is 39.3. The smallest absolute Gasteiger partial charge is 0.187 e. The number of ether oxygens (including phenoxy) is 6. The highest BCUT2D eigenvalue weighted by atomic mass is 16.8. The van der Waals surface area contributed by atoms with E-state index >= 15 is 0 Å². The molecule has 0 bridgehead atoms. The zero-order valence-electron chi connectivity index (χ0n) is 31.6. The summed E-state index contributed by atoms with van der Waals surface area (Å²) in [6.07, 6.45) is -7.69. The molecule has 14 heteroatoms. The van der Waals surface area contributed by atoms with Crippen LogP contribution in [0, 0.1) is 46.3 Å². The SMILES string of the molecule is C[C@H]1CC[C@]2(CO1)O[C@H]1C[C@H]3[C@@H]4CC[C@@H]5C[C@@H](O[C@@H]6O[C@H](CO)[C@H](O)[C@H](O)[C@H]6O[C@@H]6O[C@H](CO)[C@@H](O)[C@H](O)[C@H]6O)[C@@H](O)C[C@]5(C)[C@H]4CC[C@]3(C)[C@H]1[C@@H]2C. The van der Waals surface area contributed by atoms with Crippen LogP contribution in [0.25, 0.3) is 0 Å². The summed E-state index contributed by atoms with van der Waals surface area (Å²) in [5, 5.41) is 84.5. The van der Waals surface area contributed by atoms with Gasteiger partial charge < -0.3 is 69.3 Å². The Bertz CT molecular complexity index is 1300. The lowest BCUT2D eigenvalue weighted by Crippen LogP contribution is -2.65. The van der Waals surface area contributed by atoms with E-state index in [4.69, 9.17) is 28.4 Å². The third kappa shape index (κ3) is 6.20. The molecule has 8 aliphatic rings. The second-order valence-corrected chi connectivity index (χ2v) is 18.8. The van der Waals surface area contributed by atoms with Gasteiger partial charge in [-0.2, -0.15) is 0 Å². The van der Waals surface area contributed by atoms with Gasteiger partial charge in [-0.05, 0) is 111 Å². The molecule has 4 saturated heterocycles. The van der Waals surface area contributed by atoms with Crippen molar-refractivity contribution in [3.8, 4) is 0 Å². The van der Waals surface area contributed by atoms with E-state index in [1.807, 2.05) is 0 Å². The molecule has 304 valence electrons. The normalized spacial score (nSPS) is 59.5. The summed E-state index contributed by atoms with van der Waals surface area (Å²) >= 11 is 0. The Morgan fingerprint density at radius 1 is 0.698 bits per heavy atom. The van der Waals surface area contributed by atoms with Gasteiger partial charge in [-0.1, -0.05) is 20.8 Å². The monoisotopic (exact) mass is 756 g/mol. The number of rotatable bonds is 6. The number of fused-ring (bicyclic) bond motifs is 7. The molecule has 8 fully saturated rings. The Labute approximate surface area is 312 Å². The van der Waals surface area contributed by atoms with Crippen LogP contribution < -0.4 is 0 Å². The van der Waals surface area contributed by atoms with Gasteiger partial charge in [-0.3, -0.25) is 0 Å². The molecule has 14 nitrogen and oxygen atoms in total. The quantitative estimate of drug-likeness (QED) is 0.170. The van der Waals surface area contributed by atoms with E-state index < -0.39 is 86.8 Å². The van der Waals surface area contributed by atoms with Gasteiger partial charge in [0.25, 0.3) is 0 Å². The van der Waals surface area contributed by atoms with Crippen LogP contribution in [0.5, 0.6) is 0 Å². The highest BCUT2D eigenvalue weighted by Gasteiger charge is 2.69. The molecular formula is C39H64O14. The molecule has 4 heterocycles. The van der Waals surface area contributed by atoms with Crippen LogP contribution in [0.1, 0.15) is 85.5 Å². The van der Waals surface area contributed by atoms with E-state index in [0.717, 1.165) is 44.9 Å². The molecule has 4 aliphatic heterocycles. The zero-order valence-corrected chi connectivity index (χ0v) is 31.6.